The Kier molecular flexibility index (Phi) is 4.71. The van der Waals surface area contributed by atoms with Crippen molar-refractivity contribution >= 4 is 11.9 Å². The third-order valence-electron chi connectivity index (χ3n) is 3.08. The topological polar surface area (TPSA) is 84.1 Å². The van der Waals surface area contributed by atoms with Crippen LogP contribution in [0.2, 0.25) is 0 Å². The molecular weight excluding hydrogens is 270 g/mol. The summed E-state index contributed by atoms with van der Waals surface area (Å²) < 4.78 is 4.73. The van der Waals surface area contributed by atoms with Crippen LogP contribution in [0.5, 0.6) is 0 Å². The predicted octanol–water partition coefficient (Wildman–Crippen LogP) is 1.23. The largest absolute Gasteiger partial charge is 0.467 e. The van der Waals surface area contributed by atoms with Crippen molar-refractivity contribution in [2.45, 2.75) is 19.4 Å². The molecule has 1 amide bonds. The van der Waals surface area contributed by atoms with E-state index in [-0.39, 0.29) is 5.91 Å². The van der Waals surface area contributed by atoms with E-state index in [4.69, 9.17) is 4.74 Å². The van der Waals surface area contributed by atoms with Crippen molar-refractivity contribution in [2.24, 2.45) is 0 Å². The second-order valence-electron chi connectivity index (χ2n) is 4.70. The first kappa shape index (κ1) is 14.8. The van der Waals surface area contributed by atoms with Crippen LogP contribution in [-0.2, 0) is 16.0 Å². The number of hydrogen-bond acceptors (Lipinski definition) is 4. The molecule has 0 aliphatic rings. The molecule has 0 saturated heterocycles. The van der Waals surface area contributed by atoms with Crippen molar-refractivity contribution in [2.75, 3.05) is 7.11 Å². The number of amides is 1. The lowest BCUT2D eigenvalue weighted by Crippen LogP contribution is -2.43. The van der Waals surface area contributed by atoms with Crippen molar-refractivity contribution < 1.29 is 14.3 Å². The third kappa shape index (κ3) is 3.92. The zero-order valence-corrected chi connectivity index (χ0v) is 11.9. The highest BCUT2D eigenvalue weighted by Crippen LogP contribution is 2.06. The molecule has 110 valence electrons. The number of methoxy groups -OCH3 is 1. The maximum absolute atomic E-state index is 12.2. The first-order valence-corrected chi connectivity index (χ1v) is 6.52. The minimum absolute atomic E-state index is 0.296. The molecule has 0 saturated carbocycles. The van der Waals surface area contributed by atoms with E-state index in [9.17, 15) is 9.59 Å². The number of aryl methyl sites for hydroxylation is 1. The number of nitrogens with zero attached hydrogens (tertiary/aromatic N) is 1. The fraction of sp³-hybridized carbons (Fsp3) is 0.267. The summed E-state index contributed by atoms with van der Waals surface area (Å²) in [6.45, 7) is 1.94. The Balaban J connectivity index is 2.09. The van der Waals surface area contributed by atoms with Crippen LogP contribution < -0.4 is 5.32 Å². The number of benzene rings is 1. The van der Waals surface area contributed by atoms with Gasteiger partial charge in [0.15, 0.2) is 0 Å². The molecule has 2 N–H and O–H groups in total. The average molecular weight is 287 g/mol. The molecule has 1 aromatic carbocycles. The fourth-order valence-electron chi connectivity index (χ4n) is 1.90. The number of imidazole rings is 1. The van der Waals surface area contributed by atoms with E-state index in [0.29, 0.717) is 12.0 Å². The predicted molar refractivity (Wildman–Crippen MR) is 76.7 cm³/mol. The Hall–Kier alpha value is -2.63. The number of esters is 1. The zero-order chi connectivity index (χ0) is 15.2. The molecule has 1 atom stereocenters. The Morgan fingerprint density at radius 3 is 2.62 bits per heavy atom. The van der Waals surface area contributed by atoms with E-state index >= 15 is 0 Å². The third-order valence-corrected chi connectivity index (χ3v) is 3.08. The van der Waals surface area contributed by atoms with Crippen LogP contribution in [0, 0.1) is 6.92 Å². The highest BCUT2D eigenvalue weighted by Gasteiger charge is 2.23. The molecular formula is C15H17N3O3. The van der Waals surface area contributed by atoms with E-state index < -0.39 is 12.0 Å². The number of aromatic nitrogens is 2. The van der Waals surface area contributed by atoms with Crippen LogP contribution >= 0.6 is 0 Å². The molecule has 6 heteroatoms. The highest BCUT2D eigenvalue weighted by atomic mass is 16.5. The van der Waals surface area contributed by atoms with E-state index in [1.807, 2.05) is 19.1 Å². The summed E-state index contributed by atoms with van der Waals surface area (Å²) in [5.74, 6) is -0.810. The molecule has 1 aromatic heterocycles. The molecule has 0 radical (unpaired) electrons. The molecule has 0 bridgehead atoms. The lowest BCUT2D eigenvalue weighted by Gasteiger charge is -2.15. The second-order valence-corrected chi connectivity index (χ2v) is 4.70. The van der Waals surface area contributed by atoms with Crippen molar-refractivity contribution in [3.63, 3.8) is 0 Å². The summed E-state index contributed by atoms with van der Waals surface area (Å²) in [6.07, 6.45) is 3.42. The van der Waals surface area contributed by atoms with Gasteiger partial charge >= 0.3 is 5.97 Å². The summed E-state index contributed by atoms with van der Waals surface area (Å²) in [7, 11) is 1.29. The number of aromatic amines is 1. The van der Waals surface area contributed by atoms with E-state index in [2.05, 4.69) is 15.3 Å². The number of nitrogens with one attached hydrogen (secondary N) is 2. The first-order valence-electron chi connectivity index (χ1n) is 6.52. The van der Waals surface area contributed by atoms with Crippen LogP contribution in [0.4, 0.5) is 0 Å². The van der Waals surface area contributed by atoms with Gasteiger partial charge in [-0.15, -0.1) is 0 Å². The van der Waals surface area contributed by atoms with Gasteiger partial charge in [0.05, 0.1) is 13.4 Å². The average Bonchev–Trinajstić information content (AvgIpc) is 2.99. The number of carbonyl (C=O) groups excluding carboxylic acids is 2. The molecule has 2 rings (SSSR count). The van der Waals surface area contributed by atoms with Gasteiger partial charge in [-0.2, -0.15) is 0 Å². The number of ether oxygens (including phenoxy) is 1. The van der Waals surface area contributed by atoms with Crippen LogP contribution in [0.1, 0.15) is 21.6 Å². The Morgan fingerprint density at radius 1 is 1.33 bits per heavy atom. The Labute approximate surface area is 122 Å². The smallest absolute Gasteiger partial charge is 0.328 e. The number of hydrogen-bond donors (Lipinski definition) is 2. The van der Waals surface area contributed by atoms with Crippen molar-refractivity contribution in [3.8, 4) is 0 Å². The second kappa shape index (κ2) is 6.69. The molecule has 1 heterocycles. The van der Waals surface area contributed by atoms with Gasteiger partial charge in [0.25, 0.3) is 5.91 Å². The standard InChI is InChI=1S/C15H17N3O3/c1-10-3-5-11(6-4-10)14(19)18-13(15(20)21-2)7-12-8-16-9-17-12/h3-6,8-9,13H,7H2,1-2H3,(H,16,17)(H,18,19). The minimum Gasteiger partial charge on any atom is -0.467 e. The Morgan fingerprint density at radius 2 is 2.05 bits per heavy atom. The molecule has 21 heavy (non-hydrogen) atoms. The summed E-state index contributed by atoms with van der Waals surface area (Å²) >= 11 is 0. The quantitative estimate of drug-likeness (QED) is 0.810. The van der Waals surface area contributed by atoms with Gasteiger partial charge in [-0.3, -0.25) is 4.79 Å². The van der Waals surface area contributed by atoms with E-state index in [1.54, 1.807) is 18.3 Å². The van der Waals surface area contributed by atoms with Crippen LogP contribution in [0.15, 0.2) is 36.8 Å². The minimum atomic E-state index is -0.760. The number of H-pyrrole nitrogens is 1. The van der Waals surface area contributed by atoms with Crippen LogP contribution in [0.3, 0.4) is 0 Å². The molecule has 0 aliphatic carbocycles. The van der Waals surface area contributed by atoms with Gasteiger partial charge < -0.3 is 15.0 Å². The number of rotatable bonds is 5. The maximum atomic E-state index is 12.2. The van der Waals surface area contributed by atoms with E-state index in [0.717, 1.165) is 11.3 Å². The number of carbonyl (C=O) groups is 2. The molecule has 0 aliphatic heterocycles. The lowest BCUT2D eigenvalue weighted by molar-refractivity contribution is -0.142. The highest BCUT2D eigenvalue weighted by molar-refractivity contribution is 5.96. The van der Waals surface area contributed by atoms with Crippen LogP contribution in [-0.4, -0.2) is 35.0 Å². The SMILES string of the molecule is COC(=O)C(Cc1cnc[nH]1)NC(=O)c1ccc(C)cc1. The molecule has 2 aromatic rings. The van der Waals surface area contributed by atoms with Gasteiger partial charge in [0.2, 0.25) is 0 Å². The monoisotopic (exact) mass is 287 g/mol. The molecule has 1 unspecified atom stereocenters. The maximum Gasteiger partial charge on any atom is 0.328 e. The van der Waals surface area contributed by atoms with Gasteiger partial charge in [-0.05, 0) is 19.1 Å². The summed E-state index contributed by atoms with van der Waals surface area (Å²) in [6, 6.07) is 6.36. The molecule has 0 fully saturated rings. The van der Waals surface area contributed by atoms with Gasteiger partial charge in [0.1, 0.15) is 6.04 Å². The summed E-state index contributed by atoms with van der Waals surface area (Å²) in [5, 5.41) is 2.68. The molecule has 6 nitrogen and oxygen atoms in total. The zero-order valence-electron chi connectivity index (χ0n) is 11.9. The summed E-state index contributed by atoms with van der Waals surface area (Å²) in [4.78, 5) is 30.7. The van der Waals surface area contributed by atoms with Gasteiger partial charge in [-0.25, -0.2) is 9.78 Å². The summed E-state index contributed by atoms with van der Waals surface area (Å²) in [5.41, 5.74) is 2.31. The van der Waals surface area contributed by atoms with Crippen molar-refractivity contribution in [3.05, 3.63) is 53.6 Å². The van der Waals surface area contributed by atoms with Crippen molar-refractivity contribution in [1.82, 2.24) is 15.3 Å². The van der Waals surface area contributed by atoms with Gasteiger partial charge in [0, 0.05) is 23.9 Å². The molecule has 0 spiro atoms. The Bertz CT molecular complexity index is 606. The van der Waals surface area contributed by atoms with Crippen LogP contribution in [0.25, 0.3) is 0 Å². The van der Waals surface area contributed by atoms with Crippen molar-refractivity contribution in [1.29, 1.82) is 0 Å². The first-order chi connectivity index (χ1) is 10.1. The normalized spacial score (nSPS) is 11.7. The van der Waals surface area contributed by atoms with Gasteiger partial charge in [-0.1, -0.05) is 17.7 Å². The fourth-order valence-corrected chi connectivity index (χ4v) is 1.90. The lowest BCUT2D eigenvalue weighted by atomic mass is 10.1. The van der Waals surface area contributed by atoms with E-state index in [1.165, 1.54) is 13.4 Å².